The molecule has 2 amide bonds. The van der Waals surface area contributed by atoms with E-state index >= 15 is 0 Å². The Kier molecular flexibility index (Phi) is 18.7. The molecular weight excluding hydrogens is 1070 g/mol. The molecule has 0 saturated carbocycles. The van der Waals surface area contributed by atoms with E-state index in [0.29, 0.717) is 129 Å². The van der Waals surface area contributed by atoms with E-state index < -0.39 is 0 Å². The number of hydrogen-bond donors (Lipinski definition) is 2. The molecular formula is C51H61Cl4FN12O8+2. The van der Waals surface area contributed by atoms with Crippen molar-refractivity contribution in [2.24, 2.45) is 23.7 Å². The van der Waals surface area contributed by atoms with Crippen LogP contribution in [0.25, 0.3) is 9.69 Å². The van der Waals surface area contributed by atoms with Gasteiger partial charge in [-0.3, -0.25) is 4.48 Å². The van der Waals surface area contributed by atoms with E-state index in [1.807, 2.05) is 27.7 Å². The SMILES string of the molecule is F[N+]12CC[N+](CCl)(CC1)CC2.[C-]#[N+]c1ccc(Nc2cc(OC3C4COCC3CN(C(=O)OC(C)C)C4)ncn2)c(Cl)c1.[C-]#[N+]c1ccc(Nc2ncnc(OC3C4COCC3CN(C(=O)OC(C)C)C4)c2Cl)c(Cl)c1. The summed E-state index contributed by atoms with van der Waals surface area (Å²) in [6, 6.07) is 12.3. The topological polar surface area (TPSA) is 180 Å². The van der Waals surface area contributed by atoms with Crippen molar-refractivity contribution in [2.45, 2.75) is 52.1 Å². The summed E-state index contributed by atoms with van der Waals surface area (Å²) in [5.74, 6) is 1.46. The van der Waals surface area contributed by atoms with E-state index in [4.69, 9.17) is 88.0 Å². The first-order valence-electron chi connectivity index (χ1n) is 25.0. The number of amides is 2. The first-order valence-corrected chi connectivity index (χ1v) is 26.7. The molecule has 20 nitrogen and oxygen atoms in total. The summed E-state index contributed by atoms with van der Waals surface area (Å²) in [4.78, 5) is 51.8. The third-order valence-corrected chi connectivity index (χ3v) is 15.4. The van der Waals surface area contributed by atoms with Crippen LogP contribution in [0.3, 0.4) is 0 Å². The van der Waals surface area contributed by atoms with Crippen LogP contribution in [-0.4, -0.2) is 173 Å². The van der Waals surface area contributed by atoms with E-state index in [2.05, 4.69) is 40.3 Å². The Morgan fingerprint density at radius 1 is 0.697 bits per heavy atom. The van der Waals surface area contributed by atoms with Gasteiger partial charge in [0.05, 0.1) is 73.2 Å². The molecule has 7 aliphatic heterocycles. The van der Waals surface area contributed by atoms with Gasteiger partial charge in [0, 0.05) is 55.9 Å². The third-order valence-electron chi connectivity index (χ3n) is 14.0. The predicted octanol–water partition coefficient (Wildman–Crippen LogP) is 9.97. The summed E-state index contributed by atoms with van der Waals surface area (Å²) in [6.07, 6.45) is 1.45. The van der Waals surface area contributed by atoms with E-state index in [9.17, 15) is 14.1 Å². The number of piperazine rings is 3. The van der Waals surface area contributed by atoms with Crippen molar-refractivity contribution in [2.75, 3.05) is 109 Å². The second-order valence-corrected chi connectivity index (χ2v) is 21.6. The van der Waals surface area contributed by atoms with Gasteiger partial charge in [-0.15, -0.1) is 4.71 Å². The molecule has 406 valence electrons. The standard InChI is InChI=1S/C22H23Cl2N5O4.C22H24ClN5O4.C7H14ClFN2/c1-12(2)32-22(30)29-7-13-9-31-10-14(8-29)19(13)33-21-18(24)20(26-11-27-21)28-17-5-4-15(25-3)6-16(17)23;1-13(2)31-22(29)28-8-14-10-30-11-15(9-28)21(14)32-20-7-19(25-12-26-20)27-18-5-4-16(24-3)6-17(18)23;8-7-10-1-4-11(9,5-2-10)6-3-10/h4-6,11-14,19H,7-10H2,1-2H3,(H,26,27,28);4-7,12-15,21H,8-11H2,1-2H3,(H,25,26,27);1-7H2/q;;+2. The largest absolute Gasteiger partial charge is 0.473 e. The number of carbonyl (C=O) groups is 2. The maximum absolute atomic E-state index is 13.5. The fourth-order valence-electron chi connectivity index (χ4n) is 9.94. The first kappa shape index (κ1) is 56.5. The van der Waals surface area contributed by atoms with Crippen molar-refractivity contribution in [1.82, 2.24) is 29.7 Å². The van der Waals surface area contributed by atoms with Gasteiger partial charge in [-0.25, -0.2) is 39.2 Å². The maximum Gasteiger partial charge on any atom is 0.410 e. The molecule has 76 heavy (non-hydrogen) atoms. The van der Waals surface area contributed by atoms with Crippen molar-refractivity contribution in [1.29, 1.82) is 0 Å². The second-order valence-electron chi connectivity index (χ2n) is 20.2. The fraction of sp³-hybridized carbons (Fsp3) is 0.529. The Morgan fingerprint density at radius 3 is 1.63 bits per heavy atom. The molecule has 2 aromatic carbocycles. The van der Waals surface area contributed by atoms with E-state index in [1.54, 1.807) is 52.3 Å². The van der Waals surface area contributed by atoms with E-state index in [1.165, 1.54) is 12.7 Å². The highest BCUT2D eigenvalue weighted by molar-refractivity contribution is 6.35. The Morgan fingerprint density at radius 2 is 1.17 bits per heavy atom. The minimum Gasteiger partial charge on any atom is -0.473 e. The van der Waals surface area contributed by atoms with Gasteiger partial charge in [-0.1, -0.05) is 58.5 Å². The molecule has 9 heterocycles. The summed E-state index contributed by atoms with van der Waals surface area (Å²) in [5.41, 5.74) is 2.08. The van der Waals surface area contributed by atoms with Crippen LogP contribution in [0.2, 0.25) is 15.1 Å². The van der Waals surface area contributed by atoms with Crippen LogP contribution in [0.15, 0.2) is 55.1 Å². The number of benzene rings is 2. The van der Waals surface area contributed by atoms with Crippen LogP contribution in [-0.2, 0) is 18.9 Å². The lowest BCUT2D eigenvalue weighted by Crippen LogP contribution is -2.71. The molecule has 4 aromatic rings. The molecule has 6 bridgehead atoms. The highest BCUT2D eigenvalue weighted by Crippen LogP contribution is 2.39. The zero-order chi connectivity index (χ0) is 54.1. The maximum atomic E-state index is 13.5. The summed E-state index contributed by atoms with van der Waals surface area (Å²) in [6.45, 7) is 30.2. The molecule has 2 aromatic heterocycles. The van der Waals surface area contributed by atoms with Gasteiger partial charge in [-0.05, 0) is 56.4 Å². The number of alkyl halides is 1. The Labute approximate surface area is 461 Å². The van der Waals surface area contributed by atoms with Crippen LogP contribution in [0.4, 0.5) is 48.5 Å². The molecule has 4 atom stereocenters. The van der Waals surface area contributed by atoms with Crippen molar-refractivity contribution >= 4 is 93.0 Å². The molecule has 7 saturated heterocycles. The number of quaternary nitrogens is 2. The van der Waals surface area contributed by atoms with Crippen molar-refractivity contribution < 1.29 is 51.7 Å². The molecule has 7 aliphatic rings. The van der Waals surface area contributed by atoms with Gasteiger partial charge in [0.25, 0.3) is 0 Å². The van der Waals surface area contributed by atoms with E-state index in [0.717, 1.165) is 24.1 Å². The van der Waals surface area contributed by atoms with Crippen LogP contribution in [0, 0.1) is 36.8 Å². The Balaban J connectivity index is 0.000000168. The molecule has 2 N–H and O–H groups in total. The van der Waals surface area contributed by atoms with Crippen molar-refractivity contribution in [3.05, 3.63) is 93.0 Å². The number of aromatic nitrogens is 4. The van der Waals surface area contributed by atoms with Crippen LogP contribution < -0.4 is 20.1 Å². The van der Waals surface area contributed by atoms with Gasteiger partial charge >= 0.3 is 12.2 Å². The summed E-state index contributed by atoms with van der Waals surface area (Å²) in [5, 5.41) is 7.20. The van der Waals surface area contributed by atoms with Crippen LogP contribution in [0.1, 0.15) is 27.7 Å². The zero-order valence-electron chi connectivity index (χ0n) is 42.5. The number of rotatable bonds is 11. The molecule has 11 rings (SSSR count). The predicted molar refractivity (Wildman–Crippen MR) is 283 cm³/mol. The number of ether oxygens (including phenoxy) is 6. The molecule has 25 heteroatoms. The molecule has 0 aliphatic carbocycles. The summed E-state index contributed by atoms with van der Waals surface area (Å²) >= 11 is 24.9. The first-order chi connectivity index (χ1) is 36.5. The number of halogens is 5. The highest BCUT2D eigenvalue weighted by atomic mass is 35.5. The average Bonchev–Trinajstić information content (AvgIpc) is 3.42. The number of fused-ring (bicyclic) bond motifs is 7. The van der Waals surface area contributed by atoms with Crippen LogP contribution in [0.5, 0.6) is 11.8 Å². The van der Waals surface area contributed by atoms with Gasteiger partial charge < -0.3 is 48.9 Å². The number of nitrogens with one attached hydrogen (secondary N) is 2. The number of nitrogens with zero attached hydrogens (tertiary/aromatic N) is 10. The second kappa shape index (κ2) is 25.2. The Bertz CT molecular complexity index is 2740. The lowest BCUT2D eigenvalue weighted by Gasteiger charge is -2.48. The number of anilines is 4. The van der Waals surface area contributed by atoms with Crippen LogP contribution >= 0.6 is 46.4 Å². The minimum absolute atomic E-state index is 0.0178. The normalized spacial score (nSPS) is 26.1. The lowest BCUT2D eigenvalue weighted by molar-refractivity contribution is -1.15. The molecule has 0 spiro atoms. The Hall–Kier alpha value is -5.75. The van der Waals surface area contributed by atoms with Gasteiger partial charge in [0.1, 0.15) is 55.3 Å². The smallest absolute Gasteiger partial charge is 0.410 e. The molecule has 4 unspecified atom stereocenters. The van der Waals surface area contributed by atoms with Gasteiger partial charge in [0.15, 0.2) is 42.8 Å². The third kappa shape index (κ3) is 14.0. The van der Waals surface area contributed by atoms with Gasteiger partial charge in [0.2, 0.25) is 11.8 Å². The number of likely N-dealkylation sites (tertiary alicyclic amines) is 2. The monoisotopic (exact) mass is 1130 g/mol. The average molecular weight is 1130 g/mol. The number of hydrogen-bond acceptors (Lipinski definition) is 14. The molecule has 7 fully saturated rings. The quantitative estimate of drug-likeness (QED) is 0.0476. The summed E-state index contributed by atoms with van der Waals surface area (Å²) < 4.78 is 48.9. The highest BCUT2D eigenvalue weighted by Gasteiger charge is 2.50. The molecule has 0 radical (unpaired) electrons. The van der Waals surface area contributed by atoms with Gasteiger partial charge in [-0.2, -0.15) is 0 Å². The van der Waals surface area contributed by atoms with E-state index in [-0.39, 0.29) is 75.9 Å². The van der Waals surface area contributed by atoms with Crippen molar-refractivity contribution in [3.8, 4) is 11.8 Å². The summed E-state index contributed by atoms with van der Waals surface area (Å²) in [7, 11) is 0. The van der Waals surface area contributed by atoms with Crippen molar-refractivity contribution in [3.63, 3.8) is 0 Å². The zero-order valence-corrected chi connectivity index (χ0v) is 45.6. The lowest BCUT2D eigenvalue weighted by atomic mass is 9.84. The fourth-order valence-corrected chi connectivity index (χ4v) is 10.9. The minimum atomic E-state index is -0.326. The number of piperidine rings is 2. The number of carbonyl (C=O) groups excluding carboxylic acids is 2.